The summed E-state index contributed by atoms with van der Waals surface area (Å²) >= 11 is 6.08. The summed E-state index contributed by atoms with van der Waals surface area (Å²) in [6, 6.07) is 3.46. The van der Waals surface area contributed by atoms with Gasteiger partial charge in [-0.15, -0.1) is 0 Å². The van der Waals surface area contributed by atoms with Crippen LogP contribution in [0.5, 0.6) is 5.75 Å². The van der Waals surface area contributed by atoms with Crippen LogP contribution in [0.1, 0.15) is 5.56 Å². The lowest BCUT2D eigenvalue weighted by Crippen LogP contribution is -2.12. The van der Waals surface area contributed by atoms with Crippen LogP contribution in [0.2, 0.25) is 5.02 Å². The van der Waals surface area contributed by atoms with Gasteiger partial charge >= 0.3 is 0 Å². The monoisotopic (exact) mass is 228 g/mol. The van der Waals surface area contributed by atoms with Crippen molar-refractivity contribution in [1.29, 1.82) is 0 Å². The van der Waals surface area contributed by atoms with Gasteiger partial charge in [0.05, 0.1) is 24.0 Å². The average Bonchev–Trinajstić information content (AvgIpc) is 2.16. The van der Waals surface area contributed by atoms with Gasteiger partial charge in [-0.25, -0.2) is 0 Å². The van der Waals surface area contributed by atoms with Gasteiger partial charge in [0.2, 0.25) is 0 Å². The van der Waals surface area contributed by atoms with E-state index in [2.05, 4.69) is 5.16 Å². The summed E-state index contributed by atoms with van der Waals surface area (Å²) in [5.74, 6) is 0.625. The van der Waals surface area contributed by atoms with E-state index >= 15 is 0 Å². The van der Waals surface area contributed by atoms with E-state index in [1.807, 2.05) is 19.0 Å². The van der Waals surface area contributed by atoms with E-state index in [0.717, 1.165) is 5.69 Å². The predicted molar refractivity (Wildman–Crippen MR) is 61.7 cm³/mol. The molecule has 1 aromatic carbocycles. The molecule has 0 radical (unpaired) electrons. The first-order valence-electron chi connectivity index (χ1n) is 4.32. The van der Waals surface area contributed by atoms with Crippen LogP contribution >= 0.6 is 11.6 Å². The summed E-state index contributed by atoms with van der Waals surface area (Å²) in [5.41, 5.74) is 1.49. The normalized spacial score (nSPS) is 10.7. The summed E-state index contributed by atoms with van der Waals surface area (Å²) in [6.07, 6.45) is 1.32. The third-order valence-corrected chi connectivity index (χ3v) is 2.23. The SMILES string of the molecule is COc1cc(Cl)c(N(C)C)c(/C=N/O)c1. The van der Waals surface area contributed by atoms with E-state index in [1.54, 1.807) is 19.2 Å². The molecule has 1 rings (SSSR count). The quantitative estimate of drug-likeness (QED) is 0.490. The molecule has 0 aliphatic rings. The molecule has 0 aromatic heterocycles. The minimum absolute atomic E-state index is 0.550. The number of hydrogen-bond donors (Lipinski definition) is 1. The van der Waals surface area contributed by atoms with Crippen molar-refractivity contribution >= 4 is 23.5 Å². The van der Waals surface area contributed by atoms with Gasteiger partial charge in [0, 0.05) is 25.7 Å². The van der Waals surface area contributed by atoms with Gasteiger partial charge in [-0.05, 0) is 6.07 Å². The third kappa shape index (κ3) is 2.53. The minimum Gasteiger partial charge on any atom is -0.497 e. The fourth-order valence-corrected chi connectivity index (χ4v) is 1.73. The van der Waals surface area contributed by atoms with E-state index in [4.69, 9.17) is 21.5 Å². The van der Waals surface area contributed by atoms with Gasteiger partial charge in [-0.2, -0.15) is 0 Å². The fraction of sp³-hybridized carbons (Fsp3) is 0.300. The Morgan fingerprint density at radius 2 is 2.13 bits per heavy atom. The van der Waals surface area contributed by atoms with Gasteiger partial charge in [0.25, 0.3) is 0 Å². The molecule has 0 amide bonds. The van der Waals surface area contributed by atoms with E-state index in [0.29, 0.717) is 16.3 Å². The molecule has 15 heavy (non-hydrogen) atoms. The topological polar surface area (TPSA) is 45.1 Å². The Morgan fingerprint density at radius 3 is 2.60 bits per heavy atom. The molecule has 0 saturated heterocycles. The Hall–Kier alpha value is -1.42. The summed E-state index contributed by atoms with van der Waals surface area (Å²) in [5, 5.41) is 12.1. The first-order chi connectivity index (χ1) is 7.10. The molecule has 0 spiro atoms. The molecule has 0 bridgehead atoms. The maximum Gasteiger partial charge on any atom is 0.121 e. The van der Waals surface area contributed by atoms with Crippen LogP contribution in [0.25, 0.3) is 0 Å². The van der Waals surface area contributed by atoms with Crippen LogP contribution in [-0.2, 0) is 0 Å². The van der Waals surface area contributed by atoms with Crippen molar-refractivity contribution in [2.45, 2.75) is 0 Å². The molecule has 0 atom stereocenters. The molecule has 1 aromatic rings. The highest BCUT2D eigenvalue weighted by molar-refractivity contribution is 6.34. The Morgan fingerprint density at radius 1 is 1.47 bits per heavy atom. The van der Waals surface area contributed by atoms with Crippen molar-refractivity contribution < 1.29 is 9.94 Å². The fourth-order valence-electron chi connectivity index (χ4n) is 1.34. The number of oxime groups is 1. The minimum atomic E-state index is 0.550. The van der Waals surface area contributed by atoms with Gasteiger partial charge in [-0.3, -0.25) is 0 Å². The number of halogens is 1. The zero-order valence-electron chi connectivity index (χ0n) is 8.86. The van der Waals surface area contributed by atoms with Crippen LogP contribution < -0.4 is 9.64 Å². The number of anilines is 1. The molecule has 5 heteroatoms. The third-order valence-electron chi connectivity index (χ3n) is 1.95. The standard InChI is InChI=1S/C10H13ClN2O2/c1-13(2)10-7(6-12-14)4-8(15-3)5-9(10)11/h4-6,14H,1-3H3/b12-6+. The largest absolute Gasteiger partial charge is 0.497 e. The molecule has 1 N–H and O–H groups in total. The van der Waals surface area contributed by atoms with Crippen LogP contribution in [0, 0.1) is 0 Å². The summed E-state index contributed by atoms with van der Waals surface area (Å²) in [6.45, 7) is 0. The Balaban J connectivity index is 3.35. The van der Waals surface area contributed by atoms with Gasteiger partial charge in [0.1, 0.15) is 5.75 Å². The molecule has 0 unspecified atom stereocenters. The highest BCUT2D eigenvalue weighted by Crippen LogP contribution is 2.32. The highest BCUT2D eigenvalue weighted by Gasteiger charge is 2.10. The highest BCUT2D eigenvalue weighted by atomic mass is 35.5. The molecule has 0 aliphatic heterocycles. The van der Waals surface area contributed by atoms with Crippen molar-refractivity contribution in [3.63, 3.8) is 0 Å². The van der Waals surface area contributed by atoms with Crippen molar-refractivity contribution in [2.24, 2.45) is 5.16 Å². The molecule has 0 fully saturated rings. The van der Waals surface area contributed by atoms with Gasteiger partial charge < -0.3 is 14.8 Å². The Bertz CT molecular complexity index is 378. The van der Waals surface area contributed by atoms with Crippen LogP contribution in [0.3, 0.4) is 0 Å². The second-order valence-corrected chi connectivity index (χ2v) is 3.59. The molecule has 82 valence electrons. The smallest absolute Gasteiger partial charge is 0.121 e. The lowest BCUT2D eigenvalue weighted by molar-refractivity contribution is 0.322. The van der Waals surface area contributed by atoms with Crippen molar-refractivity contribution in [3.8, 4) is 5.75 Å². The zero-order chi connectivity index (χ0) is 11.4. The van der Waals surface area contributed by atoms with Crippen LogP contribution in [0.4, 0.5) is 5.69 Å². The number of nitrogens with zero attached hydrogens (tertiary/aromatic N) is 2. The first-order valence-corrected chi connectivity index (χ1v) is 4.70. The van der Waals surface area contributed by atoms with Gasteiger partial charge in [-0.1, -0.05) is 16.8 Å². The second kappa shape index (κ2) is 4.89. The number of methoxy groups -OCH3 is 1. The predicted octanol–water partition coefficient (Wildman–Crippen LogP) is 2.22. The number of hydrogen-bond acceptors (Lipinski definition) is 4. The van der Waals surface area contributed by atoms with E-state index in [-0.39, 0.29) is 0 Å². The zero-order valence-corrected chi connectivity index (χ0v) is 9.62. The van der Waals surface area contributed by atoms with E-state index < -0.39 is 0 Å². The summed E-state index contributed by atoms with van der Waals surface area (Å²) in [4.78, 5) is 1.85. The number of ether oxygens (including phenoxy) is 1. The molecule has 0 aliphatic carbocycles. The average molecular weight is 229 g/mol. The number of rotatable bonds is 3. The molecule has 4 nitrogen and oxygen atoms in total. The van der Waals surface area contributed by atoms with E-state index in [1.165, 1.54) is 6.21 Å². The Kier molecular flexibility index (Phi) is 3.80. The lowest BCUT2D eigenvalue weighted by Gasteiger charge is -2.18. The maximum atomic E-state index is 8.55. The van der Waals surface area contributed by atoms with Crippen molar-refractivity contribution in [3.05, 3.63) is 22.7 Å². The van der Waals surface area contributed by atoms with Crippen LogP contribution in [-0.4, -0.2) is 32.6 Å². The summed E-state index contributed by atoms with van der Waals surface area (Å²) < 4.78 is 5.07. The van der Waals surface area contributed by atoms with Crippen molar-refractivity contribution in [2.75, 3.05) is 26.1 Å². The Labute approximate surface area is 93.7 Å². The van der Waals surface area contributed by atoms with Gasteiger partial charge in [0.15, 0.2) is 0 Å². The second-order valence-electron chi connectivity index (χ2n) is 3.19. The number of benzene rings is 1. The molecule has 0 heterocycles. The van der Waals surface area contributed by atoms with Crippen molar-refractivity contribution in [1.82, 2.24) is 0 Å². The lowest BCUT2D eigenvalue weighted by atomic mass is 10.1. The molecular formula is C10H13ClN2O2. The maximum absolute atomic E-state index is 8.55. The summed E-state index contributed by atoms with van der Waals surface area (Å²) in [7, 11) is 5.28. The first kappa shape index (κ1) is 11.7. The van der Waals surface area contributed by atoms with Crippen LogP contribution in [0.15, 0.2) is 17.3 Å². The molecule has 0 saturated carbocycles. The molecular weight excluding hydrogens is 216 g/mol. The van der Waals surface area contributed by atoms with E-state index in [9.17, 15) is 0 Å².